The number of rotatable bonds is 7. The summed E-state index contributed by atoms with van der Waals surface area (Å²) >= 11 is 0. The van der Waals surface area contributed by atoms with Crippen molar-refractivity contribution in [3.05, 3.63) is 29.8 Å². The maximum Gasteiger partial charge on any atom is 0.161 e. The van der Waals surface area contributed by atoms with Crippen LogP contribution in [0.1, 0.15) is 38.7 Å². The van der Waals surface area contributed by atoms with Crippen molar-refractivity contribution >= 4 is 5.70 Å². The van der Waals surface area contributed by atoms with Gasteiger partial charge in [-0.05, 0) is 37.6 Å². The molecule has 1 unspecified atom stereocenters. The Balaban J connectivity index is 1.80. The van der Waals surface area contributed by atoms with Crippen LogP contribution in [0.3, 0.4) is 0 Å². The van der Waals surface area contributed by atoms with Crippen LogP contribution in [0.5, 0.6) is 11.5 Å². The highest BCUT2D eigenvalue weighted by Crippen LogP contribution is 2.36. The van der Waals surface area contributed by atoms with E-state index in [0.29, 0.717) is 19.8 Å². The fourth-order valence-corrected chi connectivity index (χ4v) is 2.77. The molecule has 1 N–H and O–H groups in total. The summed E-state index contributed by atoms with van der Waals surface area (Å²) in [7, 11) is 0. The summed E-state index contributed by atoms with van der Waals surface area (Å²) < 4.78 is 17.0. The minimum absolute atomic E-state index is 0.322. The Labute approximate surface area is 137 Å². The minimum atomic E-state index is -0.322. The van der Waals surface area contributed by atoms with E-state index in [1.807, 2.05) is 25.1 Å². The molecule has 2 aliphatic rings. The van der Waals surface area contributed by atoms with E-state index in [4.69, 9.17) is 19.0 Å². The van der Waals surface area contributed by atoms with Crippen molar-refractivity contribution in [1.29, 1.82) is 0 Å². The first-order chi connectivity index (χ1) is 11.3. The molecule has 0 bridgehead atoms. The average Bonchev–Trinajstić information content (AvgIpc) is 3.20. The second-order valence-electron chi connectivity index (χ2n) is 5.93. The van der Waals surface area contributed by atoms with Gasteiger partial charge >= 0.3 is 0 Å². The maximum atomic E-state index is 5.90. The first kappa shape index (κ1) is 16.1. The lowest BCUT2D eigenvalue weighted by molar-refractivity contribution is -0.0373. The van der Waals surface area contributed by atoms with Gasteiger partial charge in [-0.25, -0.2) is 0 Å². The van der Waals surface area contributed by atoms with E-state index in [1.54, 1.807) is 0 Å². The average molecular weight is 319 g/mol. The third kappa shape index (κ3) is 3.62. The van der Waals surface area contributed by atoms with Gasteiger partial charge in [0.1, 0.15) is 5.60 Å². The Kier molecular flexibility index (Phi) is 5.08. The van der Waals surface area contributed by atoms with Gasteiger partial charge < -0.3 is 14.2 Å². The summed E-state index contributed by atoms with van der Waals surface area (Å²) in [6.45, 7) is 6.77. The third-order valence-electron chi connectivity index (χ3n) is 4.10. The van der Waals surface area contributed by atoms with Crippen molar-refractivity contribution in [2.45, 2.75) is 38.7 Å². The Morgan fingerprint density at radius 3 is 2.87 bits per heavy atom. The fraction of sp³-hybridized carbons (Fsp3) is 0.556. The molecule has 23 heavy (non-hydrogen) atoms. The predicted molar refractivity (Wildman–Crippen MR) is 88.4 cm³/mol. The maximum absolute atomic E-state index is 5.90. The van der Waals surface area contributed by atoms with Crippen LogP contribution in [0.4, 0.5) is 0 Å². The Morgan fingerprint density at radius 1 is 1.22 bits per heavy atom. The van der Waals surface area contributed by atoms with E-state index in [2.05, 4.69) is 18.5 Å². The SMILES string of the molecule is CCCCOc1cc(C2=CC3(CCOC3)ON2)ccc1OCC. The summed E-state index contributed by atoms with van der Waals surface area (Å²) in [4.78, 5) is 5.74. The Hall–Kier alpha value is -1.72. The molecule has 3 rings (SSSR count). The van der Waals surface area contributed by atoms with Crippen LogP contribution in [0.15, 0.2) is 24.3 Å². The van der Waals surface area contributed by atoms with Gasteiger partial charge in [0.2, 0.25) is 0 Å². The zero-order valence-electron chi connectivity index (χ0n) is 13.9. The van der Waals surface area contributed by atoms with Gasteiger partial charge in [0.15, 0.2) is 11.5 Å². The normalized spacial score (nSPS) is 23.0. The largest absolute Gasteiger partial charge is 0.490 e. The quantitative estimate of drug-likeness (QED) is 0.782. The molecule has 5 nitrogen and oxygen atoms in total. The van der Waals surface area contributed by atoms with Crippen molar-refractivity contribution in [3.63, 3.8) is 0 Å². The van der Waals surface area contributed by atoms with E-state index in [0.717, 1.165) is 48.6 Å². The summed E-state index contributed by atoms with van der Waals surface area (Å²) in [5.41, 5.74) is 4.70. The van der Waals surface area contributed by atoms with E-state index in [-0.39, 0.29) is 5.60 Å². The second kappa shape index (κ2) is 7.23. The zero-order chi connectivity index (χ0) is 16.1. The van der Waals surface area contributed by atoms with Gasteiger partial charge in [0.25, 0.3) is 0 Å². The van der Waals surface area contributed by atoms with Gasteiger partial charge in [-0.2, -0.15) is 0 Å². The summed E-state index contributed by atoms with van der Waals surface area (Å²) in [5.74, 6) is 1.56. The Morgan fingerprint density at radius 2 is 2.13 bits per heavy atom. The molecule has 1 fully saturated rings. The highest BCUT2D eigenvalue weighted by molar-refractivity contribution is 5.68. The Bertz CT molecular complexity index is 564. The van der Waals surface area contributed by atoms with E-state index < -0.39 is 0 Å². The molecule has 0 saturated carbocycles. The van der Waals surface area contributed by atoms with Crippen LogP contribution in [-0.4, -0.2) is 32.0 Å². The number of benzene rings is 1. The van der Waals surface area contributed by atoms with Crippen LogP contribution in [0.25, 0.3) is 5.70 Å². The smallest absolute Gasteiger partial charge is 0.161 e. The summed E-state index contributed by atoms with van der Waals surface area (Å²) in [6.07, 6.45) is 5.12. The molecular formula is C18H25NO4. The molecule has 1 spiro atoms. The first-order valence-electron chi connectivity index (χ1n) is 8.41. The highest BCUT2D eigenvalue weighted by Gasteiger charge is 2.39. The molecule has 2 aliphatic heterocycles. The third-order valence-corrected chi connectivity index (χ3v) is 4.10. The molecule has 1 atom stereocenters. The monoisotopic (exact) mass is 319 g/mol. The van der Waals surface area contributed by atoms with E-state index >= 15 is 0 Å². The van der Waals surface area contributed by atoms with Crippen LogP contribution >= 0.6 is 0 Å². The minimum Gasteiger partial charge on any atom is -0.490 e. The number of unbranched alkanes of at least 4 members (excludes halogenated alkanes) is 1. The van der Waals surface area contributed by atoms with Crippen molar-refractivity contribution < 1.29 is 19.0 Å². The zero-order valence-corrected chi connectivity index (χ0v) is 13.9. The predicted octanol–water partition coefficient (Wildman–Crippen LogP) is 3.30. The molecule has 0 amide bonds. The lowest BCUT2D eigenvalue weighted by Crippen LogP contribution is -2.29. The molecule has 1 aromatic rings. The summed E-state index contributed by atoms with van der Waals surface area (Å²) in [6, 6.07) is 5.99. The highest BCUT2D eigenvalue weighted by atomic mass is 16.7. The van der Waals surface area contributed by atoms with Gasteiger partial charge in [-0.15, -0.1) is 0 Å². The lowest BCUT2D eigenvalue weighted by atomic mass is 10.0. The number of nitrogens with one attached hydrogen (secondary N) is 1. The molecule has 2 heterocycles. The molecule has 5 heteroatoms. The summed E-state index contributed by atoms with van der Waals surface area (Å²) in [5, 5.41) is 0. The van der Waals surface area contributed by atoms with Crippen molar-refractivity contribution in [1.82, 2.24) is 5.48 Å². The van der Waals surface area contributed by atoms with Gasteiger partial charge in [0, 0.05) is 18.6 Å². The topological polar surface area (TPSA) is 49.0 Å². The van der Waals surface area contributed by atoms with Gasteiger partial charge in [0.05, 0.1) is 25.5 Å². The first-order valence-corrected chi connectivity index (χ1v) is 8.41. The van der Waals surface area contributed by atoms with Gasteiger partial charge in [-0.1, -0.05) is 13.3 Å². The van der Waals surface area contributed by atoms with E-state index in [1.165, 1.54) is 0 Å². The fourth-order valence-electron chi connectivity index (χ4n) is 2.77. The standard InChI is InChI=1S/C18H25NO4/c1-3-5-9-22-17-11-14(6-7-16(17)21-4-2)15-12-18(23-19-15)8-10-20-13-18/h6-7,11-12,19H,3-5,8-10,13H2,1-2H3. The lowest BCUT2D eigenvalue weighted by Gasteiger charge is -2.15. The number of hydrogen-bond acceptors (Lipinski definition) is 5. The van der Waals surface area contributed by atoms with Crippen molar-refractivity contribution in [3.8, 4) is 11.5 Å². The van der Waals surface area contributed by atoms with E-state index in [9.17, 15) is 0 Å². The van der Waals surface area contributed by atoms with Crippen LogP contribution < -0.4 is 15.0 Å². The molecule has 1 saturated heterocycles. The second-order valence-corrected chi connectivity index (χ2v) is 5.93. The van der Waals surface area contributed by atoms with Crippen LogP contribution in [0, 0.1) is 0 Å². The molecule has 0 aliphatic carbocycles. The number of hydrogen-bond donors (Lipinski definition) is 1. The van der Waals surface area contributed by atoms with Crippen molar-refractivity contribution in [2.75, 3.05) is 26.4 Å². The van der Waals surface area contributed by atoms with Gasteiger partial charge in [-0.3, -0.25) is 10.3 Å². The molecule has 1 aromatic carbocycles. The molecule has 0 aromatic heterocycles. The van der Waals surface area contributed by atoms with Crippen molar-refractivity contribution in [2.24, 2.45) is 0 Å². The molecular weight excluding hydrogens is 294 g/mol. The number of ether oxygens (including phenoxy) is 3. The number of hydroxylamine groups is 1. The van der Waals surface area contributed by atoms with Crippen LogP contribution in [-0.2, 0) is 9.57 Å². The van der Waals surface area contributed by atoms with Crippen LogP contribution in [0.2, 0.25) is 0 Å². The molecule has 0 radical (unpaired) electrons. The molecule has 126 valence electrons.